The maximum absolute atomic E-state index is 11.0. The first-order valence-corrected chi connectivity index (χ1v) is 4.96. The molecule has 0 saturated heterocycles. The van der Waals surface area contributed by atoms with E-state index in [0.29, 0.717) is 19.1 Å². The number of ether oxygens (including phenoxy) is 1. The van der Waals surface area contributed by atoms with E-state index in [1.165, 1.54) is 0 Å². The molecule has 3 heteroatoms. The van der Waals surface area contributed by atoms with Gasteiger partial charge >= 0.3 is 5.97 Å². The van der Waals surface area contributed by atoms with Gasteiger partial charge in [0.1, 0.15) is 0 Å². The van der Waals surface area contributed by atoms with Crippen LogP contribution >= 0.6 is 0 Å². The molecule has 0 aromatic heterocycles. The first kappa shape index (κ1) is 13.0. The number of terminal acetylenes is 1. The average molecular weight is 197 g/mol. The van der Waals surface area contributed by atoms with Crippen LogP contribution in [-0.2, 0) is 9.53 Å². The summed E-state index contributed by atoms with van der Waals surface area (Å²) in [5.74, 6) is 2.81. The van der Waals surface area contributed by atoms with Gasteiger partial charge < -0.3 is 4.74 Å². The van der Waals surface area contributed by atoms with Gasteiger partial charge in [0, 0.05) is 0 Å². The van der Waals surface area contributed by atoms with Crippen molar-refractivity contribution in [2.45, 2.75) is 26.7 Å². The van der Waals surface area contributed by atoms with Crippen molar-refractivity contribution in [1.29, 1.82) is 0 Å². The Morgan fingerprint density at radius 2 is 2.29 bits per heavy atom. The molecule has 0 heterocycles. The number of nitrogens with one attached hydrogen (secondary N) is 1. The summed E-state index contributed by atoms with van der Waals surface area (Å²) < 4.78 is 4.97. The monoisotopic (exact) mass is 197 g/mol. The van der Waals surface area contributed by atoms with Gasteiger partial charge in [0.05, 0.1) is 19.7 Å². The summed E-state index contributed by atoms with van der Waals surface area (Å²) in [6, 6.07) is 0. The molecule has 0 bridgehead atoms. The molecule has 0 spiro atoms. The maximum Gasteiger partial charge on any atom is 0.319 e. The lowest BCUT2D eigenvalue weighted by Crippen LogP contribution is -2.25. The third-order valence-corrected chi connectivity index (χ3v) is 1.69. The number of hydrogen-bond acceptors (Lipinski definition) is 3. The topological polar surface area (TPSA) is 38.3 Å². The summed E-state index contributed by atoms with van der Waals surface area (Å²) in [6.07, 6.45) is 7.02. The Morgan fingerprint density at radius 3 is 2.86 bits per heavy atom. The van der Waals surface area contributed by atoms with Gasteiger partial charge in [-0.25, -0.2) is 0 Å². The molecule has 0 aliphatic heterocycles. The van der Waals surface area contributed by atoms with E-state index in [-0.39, 0.29) is 12.5 Å². The second kappa shape index (κ2) is 8.58. The van der Waals surface area contributed by atoms with Crippen molar-refractivity contribution >= 4 is 5.97 Å². The fourth-order valence-electron chi connectivity index (χ4n) is 0.965. The van der Waals surface area contributed by atoms with Gasteiger partial charge in [-0.1, -0.05) is 19.8 Å². The van der Waals surface area contributed by atoms with E-state index < -0.39 is 0 Å². The van der Waals surface area contributed by atoms with Crippen molar-refractivity contribution in [3.05, 3.63) is 0 Å². The lowest BCUT2D eigenvalue weighted by atomic mass is 10.1. The largest absolute Gasteiger partial charge is 0.465 e. The summed E-state index contributed by atoms with van der Waals surface area (Å²) in [5.41, 5.74) is 0. The van der Waals surface area contributed by atoms with Crippen LogP contribution < -0.4 is 5.32 Å². The van der Waals surface area contributed by atoms with Gasteiger partial charge in [-0.15, -0.1) is 6.42 Å². The minimum Gasteiger partial charge on any atom is -0.465 e. The summed E-state index contributed by atoms with van der Waals surface area (Å²) in [5, 5.41) is 2.77. The zero-order valence-electron chi connectivity index (χ0n) is 9.01. The van der Waals surface area contributed by atoms with Crippen LogP contribution in [0, 0.1) is 18.3 Å². The number of carbonyl (C=O) groups is 1. The minimum atomic E-state index is -0.232. The van der Waals surface area contributed by atoms with Crippen LogP contribution in [0.5, 0.6) is 0 Å². The Labute approximate surface area is 86.2 Å². The van der Waals surface area contributed by atoms with Crippen molar-refractivity contribution in [3.63, 3.8) is 0 Å². The molecule has 0 atom stereocenters. The molecule has 0 saturated carbocycles. The SMILES string of the molecule is C#CCNCC(=O)OCCCC(C)C. The Hall–Kier alpha value is -1.01. The highest BCUT2D eigenvalue weighted by molar-refractivity contribution is 5.71. The Balaban J connectivity index is 3.23. The molecule has 0 unspecified atom stereocenters. The smallest absolute Gasteiger partial charge is 0.319 e. The Kier molecular flexibility index (Phi) is 7.96. The van der Waals surface area contributed by atoms with Gasteiger partial charge in [-0.2, -0.15) is 0 Å². The molecule has 0 amide bonds. The summed E-state index contributed by atoms with van der Waals surface area (Å²) >= 11 is 0. The van der Waals surface area contributed by atoms with Crippen LogP contribution in [0.15, 0.2) is 0 Å². The lowest BCUT2D eigenvalue weighted by molar-refractivity contribution is -0.142. The van der Waals surface area contributed by atoms with E-state index in [4.69, 9.17) is 11.2 Å². The molecule has 0 aromatic rings. The average Bonchev–Trinajstić information content (AvgIpc) is 2.13. The van der Waals surface area contributed by atoms with Gasteiger partial charge in [0.2, 0.25) is 0 Å². The van der Waals surface area contributed by atoms with Crippen LogP contribution in [0.2, 0.25) is 0 Å². The van der Waals surface area contributed by atoms with Crippen molar-refractivity contribution in [3.8, 4) is 12.3 Å². The molecule has 0 radical (unpaired) electrons. The summed E-state index contributed by atoms with van der Waals surface area (Å²) in [7, 11) is 0. The standard InChI is InChI=1S/C11H19NO2/c1-4-7-12-9-11(13)14-8-5-6-10(2)3/h1,10,12H,5-9H2,2-3H3. The van der Waals surface area contributed by atoms with E-state index in [2.05, 4.69) is 25.1 Å². The van der Waals surface area contributed by atoms with Gasteiger partial charge in [0.25, 0.3) is 0 Å². The number of carbonyl (C=O) groups excluding carboxylic acids is 1. The van der Waals surface area contributed by atoms with Crippen LogP contribution in [0.3, 0.4) is 0 Å². The van der Waals surface area contributed by atoms with Crippen molar-refractivity contribution < 1.29 is 9.53 Å². The first-order chi connectivity index (χ1) is 6.66. The predicted molar refractivity (Wildman–Crippen MR) is 56.7 cm³/mol. The minimum absolute atomic E-state index is 0.200. The molecular weight excluding hydrogens is 178 g/mol. The van der Waals surface area contributed by atoms with Crippen LogP contribution in [-0.4, -0.2) is 25.7 Å². The molecule has 0 rings (SSSR count). The van der Waals surface area contributed by atoms with Crippen molar-refractivity contribution in [2.75, 3.05) is 19.7 Å². The summed E-state index contributed by atoms with van der Waals surface area (Å²) in [6.45, 7) is 5.41. The number of rotatable bonds is 7. The Morgan fingerprint density at radius 1 is 1.57 bits per heavy atom. The number of hydrogen-bond donors (Lipinski definition) is 1. The second-order valence-corrected chi connectivity index (χ2v) is 3.56. The normalized spacial score (nSPS) is 9.86. The molecule has 0 aliphatic carbocycles. The van der Waals surface area contributed by atoms with E-state index in [1.807, 2.05) is 0 Å². The van der Waals surface area contributed by atoms with Gasteiger partial charge in [0.15, 0.2) is 0 Å². The molecule has 0 aliphatic rings. The fraction of sp³-hybridized carbons (Fsp3) is 0.727. The predicted octanol–water partition coefficient (Wildman–Crippen LogP) is 1.19. The molecule has 3 nitrogen and oxygen atoms in total. The second-order valence-electron chi connectivity index (χ2n) is 3.56. The molecule has 0 fully saturated rings. The van der Waals surface area contributed by atoms with Gasteiger partial charge in [-0.3, -0.25) is 10.1 Å². The molecule has 0 aromatic carbocycles. The lowest BCUT2D eigenvalue weighted by Gasteiger charge is -2.06. The van der Waals surface area contributed by atoms with E-state index in [1.54, 1.807) is 0 Å². The molecule has 14 heavy (non-hydrogen) atoms. The highest BCUT2D eigenvalue weighted by Crippen LogP contribution is 2.02. The zero-order chi connectivity index (χ0) is 10.8. The van der Waals surface area contributed by atoms with E-state index >= 15 is 0 Å². The molecular formula is C11H19NO2. The fourth-order valence-corrected chi connectivity index (χ4v) is 0.965. The van der Waals surface area contributed by atoms with E-state index in [0.717, 1.165) is 12.8 Å². The van der Waals surface area contributed by atoms with E-state index in [9.17, 15) is 4.79 Å². The zero-order valence-corrected chi connectivity index (χ0v) is 9.01. The van der Waals surface area contributed by atoms with Crippen molar-refractivity contribution in [2.24, 2.45) is 5.92 Å². The third kappa shape index (κ3) is 9.08. The van der Waals surface area contributed by atoms with Crippen LogP contribution in [0.1, 0.15) is 26.7 Å². The van der Waals surface area contributed by atoms with Crippen molar-refractivity contribution in [1.82, 2.24) is 5.32 Å². The summed E-state index contributed by atoms with van der Waals surface area (Å²) in [4.78, 5) is 11.0. The van der Waals surface area contributed by atoms with Gasteiger partial charge in [-0.05, 0) is 18.8 Å². The number of esters is 1. The quantitative estimate of drug-likeness (QED) is 0.378. The Bertz CT molecular complexity index is 194. The van der Waals surface area contributed by atoms with Crippen LogP contribution in [0.4, 0.5) is 0 Å². The molecule has 1 N–H and O–H groups in total. The first-order valence-electron chi connectivity index (χ1n) is 4.96. The van der Waals surface area contributed by atoms with Crippen LogP contribution in [0.25, 0.3) is 0 Å². The maximum atomic E-state index is 11.0. The highest BCUT2D eigenvalue weighted by atomic mass is 16.5. The molecule has 80 valence electrons. The third-order valence-electron chi connectivity index (χ3n) is 1.69. The highest BCUT2D eigenvalue weighted by Gasteiger charge is 2.01.